The third kappa shape index (κ3) is 3.19. The maximum atomic E-state index is 12.4. The number of nitrogens with zero attached hydrogens (tertiary/aromatic N) is 3. The fourth-order valence-electron chi connectivity index (χ4n) is 1.72. The third-order valence-electron chi connectivity index (χ3n) is 2.65. The van der Waals surface area contributed by atoms with Gasteiger partial charge in [0.1, 0.15) is 5.82 Å². The second-order valence-corrected chi connectivity index (χ2v) is 4.18. The molecule has 0 unspecified atom stereocenters. The Morgan fingerprint density at radius 2 is 2.00 bits per heavy atom. The van der Waals surface area contributed by atoms with Gasteiger partial charge in [0.15, 0.2) is 0 Å². The normalized spacial score (nSPS) is 10.2. The zero-order valence-corrected chi connectivity index (χ0v) is 10.9. The van der Waals surface area contributed by atoms with Crippen LogP contribution in [0.5, 0.6) is 0 Å². The Morgan fingerprint density at radius 3 is 2.55 bits per heavy atom. The molecule has 1 amide bonds. The van der Waals surface area contributed by atoms with E-state index in [1.807, 2.05) is 6.07 Å². The highest BCUT2D eigenvalue weighted by Gasteiger charge is 2.21. The van der Waals surface area contributed by atoms with Gasteiger partial charge in [-0.1, -0.05) is 18.2 Å². The van der Waals surface area contributed by atoms with Gasteiger partial charge in [-0.2, -0.15) is 0 Å². The molecule has 104 valence electrons. The lowest BCUT2D eigenvalue weighted by Gasteiger charge is -2.20. The van der Waals surface area contributed by atoms with Crippen molar-refractivity contribution in [3.05, 3.63) is 42.0 Å². The van der Waals surface area contributed by atoms with Crippen LogP contribution >= 0.6 is 0 Å². The molecule has 1 heterocycles. The van der Waals surface area contributed by atoms with Crippen LogP contribution in [0.1, 0.15) is 22.9 Å². The first-order chi connectivity index (χ1) is 9.58. The molecular weight excluding hydrogens is 260 g/mol. The number of carboxylic acids is 1. The number of hydrogen-bond acceptors (Lipinski definition) is 4. The Balaban J connectivity index is 2.26. The summed E-state index contributed by atoms with van der Waals surface area (Å²) >= 11 is 0. The Morgan fingerprint density at radius 1 is 1.30 bits per heavy atom. The lowest BCUT2D eigenvalue weighted by Crippen LogP contribution is -2.33. The molecule has 0 aliphatic heterocycles. The minimum Gasteiger partial charge on any atom is -0.481 e. The SMILES string of the molecule is Cc1nc(C(=O)N(CCC(=O)O)c2ccccc2)n[nH]1. The van der Waals surface area contributed by atoms with Crippen molar-refractivity contribution >= 4 is 17.6 Å². The fourth-order valence-corrected chi connectivity index (χ4v) is 1.72. The van der Waals surface area contributed by atoms with Crippen molar-refractivity contribution < 1.29 is 14.7 Å². The molecule has 0 aliphatic carbocycles. The van der Waals surface area contributed by atoms with Crippen LogP contribution in [0.15, 0.2) is 30.3 Å². The van der Waals surface area contributed by atoms with Crippen LogP contribution in [0.25, 0.3) is 0 Å². The first-order valence-corrected chi connectivity index (χ1v) is 6.05. The van der Waals surface area contributed by atoms with Gasteiger partial charge in [-0.3, -0.25) is 14.7 Å². The molecule has 2 aromatic rings. The van der Waals surface area contributed by atoms with Crippen molar-refractivity contribution in [3.8, 4) is 0 Å². The summed E-state index contributed by atoms with van der Waals surface area (Å²) in [6.07, 6.45) is -0.149. The van der Waals surface area contributed by atoms with Crippen molar-refractivity contribution in [2.45, 2.75) is 13.3 Å². The molecule has 0 bridgehead atoms. The topological polar surface area (TPSA) is 99.2 Å². The summed E-state index contributed by atoms with van der Waals surface area (Å²) in [7, 11) is 0. The second kappa shape index (κ2) is 5.96. The zero-order chi connectivity index (χ0) is 14.5. The average molecular weight is 274 g/mol. The highest BCUT2D eigenvalue weighted by molar-refractivity contribution is 6.03. The molecule has 1 aromatic carbocycles. The Labute approximate surface area is 115 Å². The number of aromatic nitrogens is 3. The number of rotatable bonds is 5. The van der Waals surface area contributed by atoms with Gasteiger partial charge in [0, 0.05) is 12.2 Å². The number of para-hydroxylation sites is 1. The number of amides is 1. The van der Waals surface area contributed by atoms with Crippen molar-refractivity contribution in [3.63, 3.8) is 0 Å². The quantitative estimate of drug-likeness (QED) is 0.854. The summed E-state index contributed by atoms with van der Waals surface area (Å²) in [5.74, 6) is -0.844. The summed E-state index contributed by atoms with van der Waals surface area (Å²) in [6.45, 7) is 1.75. The molecule has 7 nitrogen and oxygen atoms in total. The number of hydrogen-bond donors (Lipinski definition) is 2. The number of carbonyl (C=O) groups excluding carboxylic acids is 1. The number of aromatic amines is 1. The number of aryl methyl sites for hydroxylation is 1. The summed E-state index contributed by atoms with van der Waals surface area (Å²) in [5, 5.41) is 15.2. The van der Waals surface area contributed by atoms with Crippen LogP contribution in [-0.2, 0) is 4.79 Å². The van der Waals surface area contributed by atoms with Gasteiger partial charge in [0.25, 0.3) is 5.91 Å². The van der Waals surface area contributed by atoms with Crippen LogP contribution < -0.4 is 4.90 Å². The van der Waals surface area contributed by atoms with Gasteiger partial charge < -0.3 is 10.0 Å². The largest absolute Gasteiger partial charge is 0.481 e. The lowest BCUT2D eigenvalue weighted by molar-refractivity contribution is -0.136. The standard InChI is InChI=1S/C13H14N4O3/c1-9-14-12(16-15-9)13(20)17(8-7-11(18)19)10-5-3-2-4-6-10/h2-6H,7-8H2,1H3,(H,18,19)(H,14,15,16). The molecule has 20 heavy (non-hydrogen) atoms. The minimum absolute atomic E-state index is 0.0248. The second-order valence-electron chi connectivity index (χ2n) is 4.18. The molecule has 0 atom stereocenters. The summed E-state index contributed by atoms with van der Waals surface area (Å²) in [6, 6.07) is 8.85. The van der Waals surface area contributed by atoms with E-state index in [-0.39, 0.29) is 18.8 Å². The molecule has 0 fully saturated rings. The molecule has 0 saturated heterocycles. The van der Waals surface area contributed by atoms with Crippen molar-refractivity contribution in [2.24, 2.45) is 0 Å². The van der Waals surface area contributed by atoms with Gasteiger partial charge in [0.05, 0.1) is 6.42 Å². The monoisotopic (exact) mass is 274 g/mol. The number of aliphatic carboxylic acids is 1. The first kappa shape index (κ1) is 13.7. The molecule has 0 saturated carbocycles. The summed E-state index contributed by atoms with van der Waals surface area (Å²) < 4.78 is 0. The third-order valence-corrected chi connectivity index (χ3v) is 2.65. The van der Waals surface area contributed by atoms with Gasteiger partial charge in [-0.05, 0) is 19.1 Å². The number of benzene rings is 1. The van der Waals surface area contributed by atoms with E-state index in [1.165, 1.54) is 4.90 Å². The smallest absolute Gasteiger partial charge is 0.305 e. The maximum absolute atomic E-state index is 12.4. The van der Waals surface area contributed by atoms with E-state index >= 15 is 0 Å². The number of H-pyrrole nitrogens is 1. The predicted octanol–water partition coefficient (Wildman–Crippen LogP) is 1.23. The Hall–Kier alpha value is -2.70. The highest BCUT2D eigenvalue weighted by Crippen LogP contribution is 2.16. The van der Waals surface area contributed by atoms with Gasteiger partial charge >= 0.3 is 5.97 Å². The predicted molar refractivity (Wildman–Crippen MR) is 71.5 cm³/mol. The van der Waals surface area contributed by atoms with E-state index < -0.39 is 11.9 Å². The van der Waals surface area contributed by atoms with Crippen LogP contribution in [0.2, 0.25) is 0 Å². The van der Waals surface area contributed by atoms with Crippen LogP contribution in [0.4, 0.5) is 5.69 Å². The van der Waals surface area contributed by atoms with Gasteiger partial charge in [-0.25, -0.2) is 4.98 Å². The molecule has 0 aliphatic rings. The van der Waals surface area contributed by atoms with E-state index in [0.717, 1.165) is 0 Å². The fraction of sp³-hybridized carbons (Fsp3) is 0.231. The minimum atomic E-state index is -0.968. The van der Waals surface area contributed by atoms with Gasteiger partial charge in [-0.15, -0.1) is 5.10 Å². The number of carboxylic acid groups (broad SMARTS) is 1. The Kier molecular flexibility index (Phi) is 4.09. The molecule has 1 aromatic heterocycles. The average Bonchev–Trinajstić information content (AvgIpc) is 2.86. The molecular formula is C13H14N4O3. The molecule has 2 rings (SSSR count). The van der Waals surface area contributed by atoms with E-state index in [4.69, 9.17) is 5.11 Å². The van der Waals surface area contributed by atoms with Crippen LogP contribution in [-0.4, -0.2) is 38.7 Å². The van der Waals surface area contributed by atoms with E-state index in [0.29, 0.717) is 11.5 Å². The van der Waals surface area contributed by atoms with Crippen molar-refractivity contribution in [1.29, 1.82) is 0 Å². The number of nitrogens with one attached hydrogen (secondary N) is 1. The lowest BCUT2D eigenvalue weighted by atomic mass is 10.2. The molecule has 0 spiro atoms. The summed E-state index contributed by atoms with van der Waals surface area (Å²) in [4.78, 5) is 28.4. The molecule has 2 N–H and O–H groups in total. The summed E-state index contributed by atoms with van der Waals surface area (Å²) in [5.41, 5.74) is 0.612. The van der Waals surface area contributed by atoms with Crippen LogP contribution in [0, 0.1) is 6.92 Å². The van der Waals surface area contributed by atoms with Crippen molar-refractivity contribution in [1.82, 2.24) is 15.2 Å². The zero-order valence-electron chi connectivity index (χ0n) is 10.9. The van der Waals surface area contributed by atoms with E-state index in [9.17, 15) is 9.59 Å². The molecule has 0 radical (unpaired) electrons. The van der Waals surface area contributed by atoms with Crippen molar-refractivity contribution in [2.75, 3.05) is 11.4 Å². The van der Waals surface area contributed by atoms with E-state index in [2.05, 4.69) is 15.2 Å². The highest BCUT2D eigenvalue weighted by atomic mass is 16.4. The van der Waals surface area contributed by atoms with Gasteiger partial charge in [0.2, 0.25) is 5.82 Å². The number of anilines is 1. The van der Waals surface area contributed by atoms with E-state index in [1.54, 1.807) is 31.2 Å². The maximum Gasteiger partial charge on any atom is 0.305 e. The Bertz CT molecular complexity index is 609. The number of carbonyl (C=O) groups is 2. The molecule has 7 heteroatoms. The van der Waals surface area contributed by atoms with Crippen LogP contribution in [0.3, 0.4) is 0 Å². The first-order valence-electron chi connectivity index (χ1n) is 6.05.